The van der Waals surface area contributed by atoms with E-state index in [4.69, 9.17) is 22.3 Å². The van der Waals surface area contributed by atoms with Gasteiger partial charge in [0.25, 0.3) is 0 Å². The molecule has 1 aromatic carbocycles. The van der Waals surface area contributed by atoms with Gasteiger partial charge >= 0.3 is 0 Å². The zero-order chi connectivity index (χ0) is 26.4. The van der Waals surface area contributed by atoms with Crippen molar-refractivity contribution in [3.8, 4) is 17.0 Å². The van der Waals surface area contributed by atoms with Crippen LogP contribution in [0.3, 0.4) is 0 Å². The van der Waals surface area contributed by atoms with Crippen molar-refractivity contribution in [1.82, 2.24) is 15.0 Å². The summed E-state index contributed by atoms with van der Waals surface area (Å²) in [5.41, 5.74) is 9.65. The molecule has 0 unspecified atom stereocenters. The van der Waals surface area contributed by atoms with Gasteiger partial charge in [-0.2, -0.15) is 0 Å². The van der Waals surface area contributed by atoms with E-state index in [0.717, 1.165) is 44.6 Å². The van der Waals surface area contributed by atoms with Gasteiger partial charge in [0.15, 0.2) is 17.3 Å². The van der Waals surface area contributed by atoms with Crippen molar-refractivity contribution in [3.63, 3.8) is 0 Å². The molecule has 0 bridgehead atoms. The topological polar surface area (TPSA) is 117 Å². The number of fused-ring (bicyclic) bond motifs is 1. The number of pyridine rings is 3. The molecule has 4 aromatic rings. The van der Waals surface area contributed by atoms with E-state index in [1.54, 1.807) is 24.5 Å². The average Bonchev–Trinajstić information content (AvgIpc) is 3.77. The summed E-state index contributed by atoms with van der Waals surface area (Å²) in [6.45, 7) is 1.68. The number of benzene rings is 1. The number of anilines is 3. The smallest absolute Gasteiger partial charge is 0.170 e. The highest BCUT2D eigenvalue weighted by molar-refractivity contribution is 6.32. The molecule has 2 fully saturated rings. The number of aromatic hydroxyl groups is 1. The highest BCUT2D eigenvalue weighted by atomic mass is 35.5. The van der Waals surface area contributed by atoms with Crippen LogP contribution in [-0.4, -0.2) is 45.0 Å². The number of Topliss-reactive ketones (excluding diaryl/α,β-unsaturated/α-hetero) is 1. The third-order valence-corrected chi connectivity index (χ3v) is 7.33. The summed E-state index contributed by atoms with van der Waals surface area (Å²) in [4.78, 5) is 29.2. The van der Waals surface area contributed by atoms with Gasteiger partial charge in [-0.15, -0.1) is 0 Å². The van der Waals surface area contributed by atoms with Gasteiger partial charge in [0, 0.05) is 36.8 Å². The number of nitrogens with two attached hydrogens (primary N) is 1. The summed E-state index contributed by atoms with van der Waals surface area (Å²) in [6.07, 6.45) is 7.06. The Bertz CT molecular complexity index is 1520. The first kappa shape index (κ1) is 24.5. The summed E-state index contributed by atoms with van der Waals surface area (Å²) in [6, 6.07) is 10.1. The number of nitrogens with one attached hydrogen (secondary N) is 1. The van der Waals surface area contributed by atoms with Gasteiger partial charge in [-0.3, -0.25) is 9.78 Å². The molecule has 38 heavy (non-hydrogen) atoms. The number of aromatic nitrogens is 3. The zero-order valence-corrected chi connectivity index (χ0v) is 21.2. The van der Waals surface area contributed by atoms with Crippen LogP contribution in [0.5, 0.6) is 5.75 Å². The molecule has 0 spiro atoms. The standard InChI is InChI=1S/C28H26ClFN6O2/c29-20-10-16(11-21(30)28(20)38)22-6-7-23-26(35-22)25(19(13-32-23)27(37)15-3-4-15)34-18-5-8-24(33-12-18)36-9-1-2-17(31)14-36/h5-8,10-13,15,17,38H,1-4,9,14,31H2,(H,32,34)/t17-/m1/s1. The second-order valence-electron chi connectivity index (χ2n) is 9.92. The van der Waals surface area contributed by atoms with E-state index in [2.05, 4.69) is 20.2 Å². The Morgan fingerprint density at radius 2 is 1.97 bits per heavy atom. The van der Waals surface area contributed by atoms with Gasteiger partial charge in [0.2, 0.25) is 0 Å². The van der Waals surface area contributed by atoms with Crippen LogP contribution in [0.15, 0.2) is 48.8 Å². The van der Waals surface area contributed by atoms with Crippen molar-refractivity contribution in [1.29, 1.82) is 0 Å². The summed E-state index contributed by atoms with van der Waals surface area (Å²) >= 11 is 6.01. The maximum atomic E-state index is 14.2. The zero-order valence-electron chi connectivity index (χ0n) is 20.5. The van der Waals surface area contributed by atoms with Crippen LogP contribution >= 0.6 is 11.6 Å². The van der Waals surface area contributed by atoms with E-state index >= 15 is 0 Å². The molecule has 194 valence electrons. The molecule has 10 heteroatoms. The Balaban J connectivity index is 1.40. The Kier molecular flexibility index (Phi) is 6.33. The van der Waals surface area contributed by atoms with Crippen molar-refractivity contribution in [2.45, 2.75) is 31.7 Å². The van der Waals surface area contributed by atoms with Crippen molar-refractivity contribution < 1.29 is 14.3 Å². The van der Waals surface area contributed by atoms with Crippen molar-refractivity contribution in [2.75, 3.05) is 23.3 Å². The summed E-state index contributed by atoms with van der Waals surface area (Å²) in [7, 11) is 0. The van der Waals surface area contributed by atoms with Crippen LogP contribution in [0.25, 0.3) is 22.3 Å². The summed E-state index contributed by atoms with van der Waals surface area (Å²) in [5, 5.41) is 13.0. The third-order valence-electron chi connectivity index (χ3n) is 7.04. The fourth-order valence-corrected chi connectivity index (χ4v) is 5.04. The second kappa shape index (κ2) is 9.81. The molecule has 6 rings (SSSR count). The highest BCUT2D eigenvalue weighted by Gasteiger charge is 2.33. The molecule has 4 heterocycles. The lowest BCUT2D eigenvalue weighted by atomic mass is 10.0. The number of hydrogen-bond donors (Lipinski definition) is 3. The first-order valence-electron chi connectivity index (χ1n) is 12.6. The monoisotopic (exact) mass is 532 g/mol. The second-order valence-corrected chi connectivity index (χ2v) is 10.3. The normalized spacial score (nSPS) is 17.6. The van der Waals surface area contributed by atoms with E-state index < -0.39 is 11.6 Å². The van der Waals surface area contributed by atoms with E-state index in [-0.39, 0.29) is 22.8 Å². The van der Waals surface area contributed by atoms with Gasteiger partial charge in [-0.1, -0.05) is 11.6 Å². The summed E-state index contributed by atoms with van der Waals surface area (Å²) in [5.74, 6) is -0.609. The van der Waals surface area contributed by atoms with Crippen molar-refractivity contribution in [3.05, 3.63) is 65.2 Å². The summed E-state index contributed by atoms with van der Waals surface area (Å²) < 4.78 is 14.2. The lowest BCUT2D eigenvalue weighted by Gasteiger charge is -2.31. The fraction of sp³-hybridized carbons (Fsp3) is 0.286. The maximum absolute atomic E-state index is 14.2. The number of carbonyl (C=O) groups is 1. The lowest BCUT2D eigenvalue weighted by Crippen LogP contribution is -2.43. The first-order chi connectivity index (χ1) is 18.4. The Hall–Kier alpha value is -3.82. The largest absolute Gasteiger partial charge is 0.504 e. The molecule has 2 aliphatic rings. The quantitative estimate of drug-likeness (QED) is 0.280. The number of phenols is 1. The number of piperidine rings is 1. The van der Waals surface area contributed by atoms with Gasteiger partial charge in [-0.25, -0.2) is 14.4 Å². The van der Waals surface area contributed by atoms with Gasteiger partial charge in [0.05, 0.1) is 39.4 Å². The molecular formula is C28H26ClFN6O2. The van der Waals surface area contributed by atoms with E-state index in [1.807, 2.05) is 12.1 Å². The fourth-order valence-electron chi connectivity index (χ4n) is 4.83. The molecule has 1 saturated heterocycles. The number of phenolic OH excluding ortho intramolecular Hbond substituents is 1. The van der Waals surface area contributed by atoms with Crippen LogP contribution in [0.2, 0.25) is 5.02 Å². The number of hydrogen-bond acceptors (Lipinski definition) is 8. The highest BCUT2D eigenvalue weighted by Crippen LogP contribution is 2.38. The van der Waals surface area contributed by atoms with Gasteiger partial charge in [-0.05, 0) is 62.1 Å². The van der Waals surface area contributed by atoms with Crippen LogP contribution in [0.1, 0.15) is 36.0 Å². The Labute approximate surface area is 223 Å². The molecule has 1 atom stereocenters. The van der Waals surface area contributed by atoms with Gasteiger partial charge in [0.1, 0.15) is 11.3 Å². The first-order valence-corrected chi connectivity index (χ1v) is 13.0. The minimum atomic E-state index is -0.843. The Morgan fingerprint density at radius 3 is 2.68 bits per heavy atom. The SMILES string of the molecule is N[C@@H]1CCCN(c2ccc(Nc3c(C(=O)C4CC4)cnc4ccc(-c5cc(F)c(O)c(Cl)c5)nc34)cn2)C1. The van der Waals surface area contributed by atoms with E-state index in [0.29, 0.717) is 39.2 Å². The number of nitrogens with zero attached hydrogens (tertiary/aromatic N) is 4. The van der Waals surface area contributed by atoms with Crippen molar-refractivity contribution in [2.24, 2.45) is 11.7 Å². The predicted octanol–water partition coefficient (Wildman–Crippen LogP) is 5.45. The number of ketones is 1. The van der Waals surface area contributed by atoms with Crippen LogP contribution in [0.4, 0.5) is 21.6 Å². The van der Waals surface area contributed by atoms with Crippen molar-refractivity contribution >= 4 is 45.6 Å². The van der Waals surface area contributed by atoms with Crippen LogP contribution in [0, 0.1) is 11.7 Å². The molecule has 4 N–H and O–H groups in total. The predicted molar refractivity (Wildman–Crippen MR) is 146 cm³/mol. The molecular weight excluding hydrogens is 507 g/mol. The van der Waals surface area contributed by atoms with E-state index in [1.165, 1.54) is 12.1 Å². The molecule has 8 nitrogen and oxygen atoms in total. The Morgan fingerprint density at radius 1 is 1.13 bits per heavy atom. The average molecular weight is 533 g/mol. The number of halogens is 2. The molecule has 0 radical (unpaired) electrons. The van der Waals surface area contributed by atoms with Crippen LogP contribution in [-0.2, 0) is 0 Å². The third kappa shape index (κ3) is 4.75. The molecule has 1 saturated carbocycles. The van der Waals surface area contributed by atoms with E-state index in [9.17, 15) is 14.3 Å². The molecule has 1 aliphatic heterocycles. The minimum absolute atomic E-state index is 0.0136. The number of rotatable bonds is 6. The van der Waals surface area contributed by atoms with Crippen LogP contribution < -0.4 is 16.0 Å². The molecule has 0 amide bonds. The molecule has 1 aliphatic carbocycles. The maximum Gasteiger partial charge on any atom is 0.170 e. The van der Waals surface area contributed by atoms with Gasteiger partial charge < -0.3 is 21.1 Å². The number of carbonyl (C=O) groups excluding carboxylic acids is 1. The molecule has 3 aromatic heterocycles. The lowest BCUT2D eigenvalue weighted by molar-refractivity contribution is 0.0968. The minimum Gasteiger partial charge on any atom is -0.504 e.